The minimum atomic E-state index is 0.238. The zero-order valence-corrected chi connectivity index (χ0v) is 12.7. The molecule has 0 spiro atoms. The fraction of sp³-hybridized carbons (Fsp3) is 0.400. The van der Waals surface area contributed by atoms with Gasteiger partial charge >= 0.3 is 0 Å². The lowest BCUT2D eigenvalue weighted by molar-refractivity contribution is 0.152. The van der Waals surface area contributed by atoms with Gasteiger partial charge in [0.25, 0.3) is 0 Å². The molecule has 0 bridgehead atoms. The number of thiazole rings is 1. The third-order valence-electron chi connectivity index (χ3n) is 3.73. The van der Waals surface area contributed by atoms with E-state index in [4.69, 9.17) is 11.6 Å². The molecule has 0 aliphatic carbocycles. The van der Waals surface area contributed by atoms with Crippen LogP contribution in [0, 0.1) is 0 Å². The fourth-order valence-corrected chi connectivity index (χ4v) is 3.79. The lowest BCUT2D eigenvalue weighted by Gasteiger charge is -2.21. The van der Waals surface area contributed by atoms with Crippen LogP contribution in [0.5, 0.6) is 0 Å². The third kappa shape index (κ3) is 2.88. The molecule has 1 aliphatic rings. The molecule has 5 heteroatoms. The van der Waals surface area contributed by atoms with Crippen molar-refractivity contribution in [2.24, 2.45) is 0 Å². The molecule has 0 saturated carbocycles. The molecule has 1 fully saturated rings. The molecular weight excluding hydrogens is 292 g/mol. The van der Waals surface area contributed by atoms with Gasteiger partial charge in [0, 0.05) is 23.5 Å². The van der Waals surface area contributed by atoms with Crippen LogP contribution >= 0.6 is 22.9 Å². The Bertz CT molecular complexity index is 587. The van der Waals surface area contributed by atoms with Gasteiger partial charge in [-0.25, -0.2) is 4.98 Å². The second-order valence-electron chi connectivity index (χ2n) is 5.07. The van der Waals surface area contributed by atoms with E-state index in [1.807, 2.05) is 24.3 Å². The van der Waals surface area contributed by atoms with E-state index in [0.29, 0.717) is 6.04 Å². The summed E-state index contributed by atoms with van der Waals surface area (Å²) in [5.41, 5.74) is 2.05. The van der Waals surface area contributed by atoms with E-state index in [1.165, 1.54) is 0 Å². The van der Waals surface area contributed by atoms with Crippen molar-refractivity contribution < 1.29 is 5.11 Å². The molecule has 1 aromatic heterocycles. The van der Waals surface area contributed by atoms with Gasteiger partial charge in [-0.2, -0.15) is 0 Å². The van der Waals surface area contributed by atoms with Gasteiger partial charge in [0.05, 0.1) is 17.3 Å². The quantitative estimate of drug-likeness (QED) is 0.940. The minimum Gasteiger partial charge on any atom is -0.395 e. The van der Waals surface area contributed by atoms with Crippen LogP contribution in [0.2, 0.25) is 5.02 Å². The number of rotatable bonds is 4. The molecule has 2 aromatic rings. The summed E-state index contributed by atoms with van der Waals surface area (Å²) in [6.07, 6.45) is 2.24. The van der Waals surface area contributed by atoms with E-state index >= 15 is 0 Å². The first kappa shape index (κ1) is 14.0. The van der Waals surface area contributed by atoms with Gasteiger partial charge in [-0.3, -0.25) is 4.90 Å². The highest BCUT2D eigenvalue weighted by molar-refractivity contribution is 7.13. The Kier molecular flexibility index (Phi) is 4.36. The number of benzene rings is 1. The van der Waals surface area contributed by atoms with Crippen LogP contribution in [0.1, 0.15) is 18.5 Å². The highest BCUT2D eigenvalue weighted by atomic mass is 35.5. The van der Waals surface area contributed by atoms with Crippen LogP contribution in [0.3, 0.4) is 0 Å². The molecule has 1 saturated heterocycles. The molecule has 3 rings (SSSR count). The molecule has 2 heterocycles. The summed E-state index contributed by atoms with van der Waals surface area (Å²) >= 11 is 7.83. The Labute approximate surface area is 127 Å². The summed E-state index contributed by atoms with van der Waals surface area (Å²) in [6, 6.07) is 8.08. The van der Waals surface area contributed by atoms with Crippen molar-refractivity contribution in [1.82, 2.24) is 9.88 Å². The fourth-order valence-electron chi connectivity index (χ4n) is 2.66. The van der Waals surface area contributed by atoms with Gasteiger partial charge in [0.15, 0.2) is 0 Å². The Morgan fingerprint density at radius 2 is 2.25 bits per heavy atom. The summed E-state index contributed by atoms with van der Waals surface area (Å²) in [6.45, 7) is 2.10. The number of aliphatic hydroxyl groups is 1. The van der Waals surface area contributed by atoms with Crippen LogP contribution in [-0.2, 0) is 6.54 Å². The monoisotopic (exact) mass is 308 g/mol. The Morgan fingerprint density at radius 3 is 3.05 bits per heavy atom. The van der Waals surface area contributed by atoms with E-state index in [0.717, 1.165) is 47.2 Å². The number of halogens is 1. The first-order valence-electron chi connectivity index (χ1n) is 6.82. The van der Waals surface area contributed by atoms with Crippen LogP contribution in [-0.4, -0.2) is 34.2 Å². The lowest BCUT2D eigenvalue weighted by atomic mass is 10.2. The van der Waals surface area contributed by atoms with E-state index in [1.54, 1.807) is 11.3 Å². The van der Waals surface area contributed by atoms with Crippen molar-refractivity contribution in [1.29, 1.82) is 0 Å². The maximum atomic E-state index is 9.36. The van der Waals surface area contributed by atoms with E-state index in [-0.39, 0.29) is 6.61 Å². The summed E-state index contributed by atoms with van der Waals surface area (Å²) < 4.78 is 0. The SMILES string of the molecule is OC[C@@H]1CCCN1Cc1csc(-c2ccccc2Cl)n1. The van der Waals surface area contributed by atoms with E-state index in [2.05, 4.69) is 15.3 Å². The predicted octanol–water partition coefficient (Wildman–Crippen LogP) is 3.42. The highest BCUT2D eigenvalue weighted by Gasteiger charge is 2.24. The lowest BCUT2D eigenvalue weighted by Crippen LogP contribution is -2.31. The number of likely N-dealkylation sites (tertiary alicyclic amines) is 1. The molecule has 1 aliphatic heterocycles. The number of hydrogen-bond acceptors (Lipinski definition) is 4. The van der Waals surface area contributed by atoms with Gasteiger partial charge in [-0.1, -0.05) is 29.8 Å². The standard InChI is InChI=1S/C15H17ClN2OS/c16-14-6-2-1-5-13(14)15-17-11(10-20-15)8-18-7-3-4-12(18)9-19/h1-2,5-6,10,12,19H,3-4,7-9H2/t12-/m0/s1. The van der Waals surface area contributed by atoms with Gasteiger partial charge in [0.2, 0.25) is 0 Å². The Morgan fingerprint density at radius 1 is 1.40 bits per heavy atom. The molecule has 3 nitrogen and oxygen atoms in total. The molecule has 1 aromatic carbocycles. The molecular formula is C15H17ClN2OS. The first-order valence-corrected chi connectivity index (χ1v) is 8.08. The molecule has 0 amide bonds. The number of aliphatic hydroxyl groups excluding tert-OH is 1. The van der Waals surface area contributed by atoms with Crippen molar-refractivity contribution in [3.63, 3.8) is 0 Å². The highest BCUT2D eigenvalue weighted by Crippen LogP contribution is 2.31. The van der Waals surface area contributed by atoms with Gasteiger partial charge in [-0.15, -0.1) is 11.3 Å². The number of nitrogens with zero attached hydrogens (tertiary/aromatic N) is 2. The van der Waals surface area contributed by atoms with Crippen molar-refractivity contribution in [3.8, 4) is 10.6 Å². The van der Waals surface area contributed by atoms with Crippen LogP contribution in [0.15, 0.2) is 29.6 Å². The molecule has 0 radical (unpaired) electrons. The Hall–Kier alpha value is -0.940. The largest absolute Gasteiger partial charge is 0.395 e. The van der Waals surface area contributed by atoms with Gasteiger partial charge in [0.1, 0.15) is 5.01 Å². The summed E-state index contributed by atoms with van der Waals surface area (Å²) in [5, 5.41) is 13.1. The van der Waals surface area contributed by atoms with Crippen LogP contribution in [0.25, 0.3) is 10.6 Å². The van der Waals surface area contributed by atoms with E-state index in [9.17, 15) is 5.11 Å². The second-order valence-corrected chi connectivity index (χ2v) is 6.34. The number of hydrogen-bond donors (Lipinski definition) is 1. The summed E-state index contributed by atoms with van der Waals surface area (Å²) in [5.74, 6) is 0. The van der Waals surface area contributed by atoms with Crippen LogP contribution < -0.4 is 0 Å². The minimum absolute atomic E-state index is 0.238. The summed E-state index contributed by atoms with van der Waals surface area (Å²) in [4.78, 5) is 7.00. The van der Waals surface area contributed by atoms with Gasteiger partial charge in [-0.05, 0) is 25.5 Å². The average Bonchev–Trinajstić information content (AvgIpc) is 3.09. The zero-order valence-electron chi connectivity index (χ0n) is 11.1. The topological polar surface area (TPSA) is 36.4 Å². The number of aromatic nitrogens is 1. The molecule has 106 valence electrons. The van der Waals surface area contributed by atoms with Crippen molar-refractivity contribution in [2.75, 3.05) is 13.2 Å². The molecule has 1 atom stereocenters. The third-order valence-corrected chi connectivity index (χ3v) is 4.98. The molecule has 0 unspecified atom stereocenters. The van der Waals surface area contributed by atoms with Gasteiger partial charge < -0.3 is 5.11 Å². The smallest absolute Gasteiger partial charge is 0.125 e. The first-order chi connectivity index (χ1) is 9.78. The summed E-state index contributed by atoms with van der Waals surface area (Å²) in [7, 11) is 0. The second kappa shape index (κ2) is 6.22. The van der Waals surface area contributed by atoms with E-state index < -0.39 is 0 Å². The van der Waals surface area contributed by atoms with Crippen LogP contribution in [0.4, 0.5) is 0 Å². The van der Waals surface area contributed by atoms with Crippen molar-refractivity contribution in [2.45, 2.75) is 25.4 Å². The predicted molar refractivity (Wildman–Crippen MR) is 83.1 cm³/mol. The zero-order chi connectivity index (χ0) is 13.9. The maximum Gasteiger partial charge on any atom is 0.125 e. The van der Waals surface area contributed by atoms with Crippen molar-refractivity contribution >= 4 is 22.9 Å². The normalized spacial score (nSPS) is 19.6. The molecule has 1 N–H and O–H groups in total. The van der Waals surface area contributed by atoms with Crippen molar-refractivity contribution in [3.05, 3.63) is 40.4 Å². The molecule has 20 heavy (non-hydrogen) atoms. The average molecular weight is 309 g/mol. The Balaban J connectivity index is 1.76. The maximum absolute atomic E-state index is 9.36.